The fourth-order valence-corrected chi connectivity index (χ4v) is 3.30. The van der Waals surface area contributed by atoms with Crippen LogP contribution < -0.4 is 9.75 Å². The number of halogens is 3. The Morgan fingerprint density at radius 2 is 1.84 bits per heavy atom. The van der Waals surface area contributed by atoms with Crippen molar-refractivity contribution in [1.82, 2.24) is 0 Å². The Morgan fingerprint density at radius 1 is 1.16 bits per heavy atom. The van der Waals surface area contributed by atoms with E-state index in [-0.39, 0.29) is 23.8 Å². The van der Waals surface area contributed by atoms with Gasteiger partial charge in [0, 0.05) is 12.0 Å². The maximum Gasteiger partial charge on any atom is 0.387 e. The number of nitrogens with zero attached hydrogens (tertiary/aromatic N) is 2. The number of amides is 1. The van der Waals surface area contributed by atoms with Crippen LogP contribution in [0.1, 0.15) is 31.9 Å². The van der Waals surface area contributed by atoms with E-state index in [1.165, 1.54) is 24.3 Å². The zero-order chi connectivity index (χ0) is 22.7. The molecule has 1 atom stereocenters. The molecule has 1 aliphatic rings. The van der Waals surface area contributed by atoms with Gasteiger partial charge in [-0.05, 0) is 62.2 Å². The van der Waals surface area contributed by atoms with Gasteiger partial charge in [0.1, 0.15) is 17.5 Å². The number of carbonyl (C=O) groups excluding carboxylic acids is 2. The van der Waals surface area contributed by atoms with Gasteiger partial charge < -0.3 is 4.74 Å². The average Bonchev–Trinajstić information content (AvgIpc) is 3.01. The summed E-state index contributed by atoms with van der Waals surface area (Å²) in [5.41, 5.74) is 2.15. The maximum atomic E-state index is 14.2. The Kier molecular flexibility index (Phi) is 6.58. The first-order chi connectivity index (χ1) is 14.7. The second kappa shape index (κ2) is 9.16. The van der Waals surface area contributed by atoms with Gasteiger partial charge in [0.05, 0.1) is 11.4 Å². The zero-order valence-corrected chi connectivity index (χ0v) is 17.2. The summed E-state index contributed by atoms with van der Waals surface area (Å²) in [7, 11) is 0. The molecule has 31 heavy (non-hydrogen) atoms. The van der Waals surface area contributed by atoms with Crippen molar-refractivity contribution >= 4 is 28.9 Å². The van der Waals surface area contributed by atoms with E-state index in [1.807, 2.05) is 0 Å². The van der Waals surface area contributed by atoms with Gasteiger partial charge in [0.15, 0.2) is 5.78 Å². The molecule has 8 heteroatoms. The first kappa shape index (κ1) is 22.3. The predicted molar refractivity (Wildman–Crippen MR) is 112 cm³/mol. The third kappa shape index (κ3) is 5.02. The zero-order valence-electron chi connectivity index (χ0n) is 17.2. The number of carbonyl (C=O) groups is 2. The Bertz CT molecular complexity index is 1060. The van der Waals surface area contributed by atoms with Crippen LogP contribution in [-0.4, -0.2) is 24.0 Å². The molecule has 0 N–H and O–H groups in total. The summed E-state index contributed by atoms with van der Waals surface area (Å²) in [5, 5.41) is 5.24. The van der Waals surface area contributed by atoms with Crippen molar-refractivity contribution in [3.63, 3.8) is 0 Å². The number of ketones is 1. The van der Waals surface area contributed by atoms with Crippen LogP contribution in [0.3, 0.4) is 0 Å². The van der Waals surface area contributed by atoms with Gasteiger partial charge in [-0.25, -0.2) is 4.39 Å². The maximum absolute atomic E-state index is 14.2. The van der Waals surface area contributed by atoms with Crippen LogP contribution in [0.4, 0.5) is 18.9 Å². The van der Waals surface area contributed by atoms with Gasteiger partial charge in [-0.1, -0.05) is 18.2 Å². The Hall–Kier alpha value is -3.42. The first-order valence-corrected chi connectivity index (χ1v) is 9.56. The Balaban J connectivity index is 1.75. The molecule has 0 saturated heterocycles. The van der Waals surface area contributed by atoms with E-state index < -0.39 is 18.4 Å². The third-order valence-corrected chi connectivity index (χ3v) is 4.76. The summed E-state index contributed by atoms with van der Waals surface area (Å²) < 4.78 is 43.1. The van der Waals surface area contributed by atoms with E-state index in [2.05, 4.69) is 9.84 Å². The van der Waals surface area contributed by atoms with E-state index >= 15 is 0 Å². The molecule has 0 aromatic heterocycles. The van der Waals surface area contributed by atoms with E-state index in [4.69, 9.17) is 0 Å². The van der Waals surface area contributed by atoms with Crippen LogP contribution in [0, 0.1) is 5.92 Å². The van der Waals surface area contributed by atoms with Gasteiger partial charge in [0.2, 0.25) is 0 Å². The molecule has 1 amide bonds. The lowest BCUT2D eigenvalue weighted by molar-refractivity contribution is -0.128. The highest BCUT2D eigenvalue weighted by atomic mass is 19.3. The van der Waals surface area contributed by atoms with E-state index in [1.54, 1.807) is 45.0 Å². The van der Waals surface area contributed by atoms with Gasteiger partial charge in [-0.2, -0.15) is 18.9 Å². The number of Topliss-reactive ketones (excluding diaryl/α,β-unsaturated/α-hetero) is 1. The Labute approximate surface area is 177 Å². The third-order valence-electron chi connectivity index (χ3n) is 4.76. The molecule has 2 aromatic carbocycles. The summed E-state index contributed by atoms with van der Waals surface area (Å²) in [6, 6.07) is 12.0. The number of anilines is 1. The molecule has 5 nitrogen and oxygen atoms in total. The monoisotopic (exact) mass is 430 g/mol. The molecule has 162 valence electrons. The average molecular weight is 430 g/mol. The fraction of sp³-hybridized carbons (Fsp3) is 0.261. The van der Waals surface area contributed by atoms with Gasteiger partial charge >= 0.3 is 6.61 Å². The first-order valence-electron chi connectivity index (χ1n) is 9.56. The SMILES string of the molecule is CC1=NN(c2ccc(OC(F)F)cc2)C(=O)C1C(=O)Cc1cccc(C(F)=C(C)C)c1. The quantitative estimate of drug-likeness (QED) is 0.570. The molecule has 0 aliphatic carbocycles. The molecule has 0 saturated carbocycles. The largest absolute Gasteiger partial charge is 0.435 e. The normalized spacial score (nSPS) is 15.8. The van der Waals surface area contributed by atoms with Crippen molar-refractivity contribution in [2.24, 2.45) is 11.0 Å². The molecular weight excluding hydrogens is 409 g/mol. The number of hydrogen-bond acceptors (Lipinski definition) is 4. The molecule has 1 heterocycles. The van der Waals surface area contributed by atoms with Crippen molar-refractivity contribution in [2.75, 3.05) is 5.01 Å². The number of allylic oxidation sites excluding steroid dienone is 1. The summed E-state index contributed by atoms with van der Waals surface area (Å²) in [4.78, 5) is 25.7. The van der Waals surface area contributed by atoms with Crippen molar-refractivity contribution in [1.29, 1.82) is 0 Å². The minimum atomic E-state index is -2.95. The fourth-order valence-electron chi connectivity index (χ4n) is 3.30. The molecule has 0 bridgehead atoms. The molecule has 1 unspecified atom stereocenters. The molecule has 3 rings (SSSR count). The molecule has 0 spiro atoms. The highest BCUT2D eigenvalue weighted by Crippen LogP contribution is 2.28. The molecule has 0 radical (unpaired) electrons. The predicted octanol–water partition coefficient (Wildman–Crippen LogP) is 5.16. The van der Waals surface area contributed by atoms with Gasteiger partial charge in [0.25, 0.3) is 5.91 Å². The molecular formula is C23H21F3N2O3. The lowest BCUT2D eigenvalue weighted by Gasteiger charge is -2.15. The van der Waals surface area contributed by atoms with E-state index in [0.717, 1.165) is 5.01 Å². The van der Waals surface area contributed by atoms with Crippen LogP contribution in [0.2, 0.25) is 0 Å². The van der Waals surface area contributed by atoms with Crippen LogP contribution in [0.15, 0.2) is 59.2 Å². The van der Waals surface area contributed by atoms with Crippen molar-refractivity contribution < 1.29 is 27.5 Å². The summed E-state index contributed by atoms with van der Waals surface area (Å²) >= 11 is 0. The van der Waals surface area contributed by atoms with Gasteiger partial charge in [-0.3, -0.25) is 9.59 Å². The lowest BCUT2D eigenvalue weighted by atomic mass is 9.93. The van der Waals surface area contributed by atoms with Crippen molar-refractivity contribution in [3.05, 3.63) is 65.2 Å². The number of hydrogen-bond donors (Lipinski definition) is 0. The standard InChI is InChI=1S/C23H21F3N2O3/c1-13(2)21(24)16-6-4-5-15(11-16)12-19(29)20-14(3)27-28(22(20)30)17-7-9-18(10-8-17)31-23(25)26/h4-11,20,23H,12H2,1-3H3. The van der Waals surface area contributed by atoms with Crippen molar-refractivity contribution in [2.45, 2.75) is 33.8 Å². The number of alkyl halides is 2. The number of ether oxygens (including phenoxy) is 1. The van der Waals surface area contributed by atoms with Crippen LogP contribution >= 0.6 is 0 Å². The molecule has 2 aromatic rings. The second-order valence-electron chi connectivity index (χ2n) is 7.35. The van der Waals surface area contributed by atoms with Crippen LogP contribution in [0.5, 0.6) is 5.75 Å². The van der Waals surface area contributed by atoms with Crippen molar-refractivity contribution in [3.8, 4) is 5.75 Å². The van der Waals surface area contributed by atoms with E-state index in [9.17, 15) is 22.8 Å². The number of hydrazone groups is 1. The van der Waals surface area contributed by atoms with Gasteiger partial charge in [-0.15, -0.1) is 0 Å². The molecule has 0 fully saturated rings. The van der Waals surface area contributed by atoms with E-state index in [0.29, 0.717) is 28.1 Å². The molecule has 1 aliphatic heterocycles. The summed E-state index contributed by atoms with van der Waals surface area (Å²) in [6.45, 7) is 1.94. The summed E-state index contributed by atoms with van der Waals surface area (Å²) in [5.74, 6) is -2.36. The summed E-state index contributed by atoms with van der Waals surface area (Å²) in [6.07, 6.45) is -0.0534. The highest BCUT2D eigenvalue weighted by Gasteiger charge is 2.39. The number of rotatable bonds is 7. The van der Waals surface area contributed by atoms with Crippen LogP contribution in [-0.2, 0) is 16.0 Å². The topological polar surface area (TPSA) is 59.0 Å². The highest BCUT2D eigenvalue weighted by molar-refractivity contribution is 6.27. The minimum Gasteiger partial charge on any atom is -0.435 e. The Morgan fingerprint density at radius 3 is 2.45 bits per heavy atom. The van der Waals surface area contributed by atoms with Crippen LogP contribution in [0.25, 0.3) is 5.83 Å². The smallest absolute Gasteiger partial charge is 0.387 e. The minimum absolute atomic E-state index is 0.0534. The second-order valence-corrected chi connectivity index (χ2v) is 7.35. The number of benzene rings is 2. The lowest BCUT2D eigenvalue weighted by Crippen LogP contribution is -2.33.